The Bertz CT molecular complexity index is 516. The molecular formula is C15H18O4. The maximum atomic E-state index is 12.2. The van der Waals surface area contributed by atoms with E-state index in [1.54, 1.807) is 6.08 Å². The summed E-state index contributed by atoms with van der Waals surface area (Å²) in [5, 5.41) is 9.52. The number of carbonyl (C=O) groups excluding carboxylic acids is 2. The molecule has 102 valence electrons. The number of hydrogen-bond donors (Lipinski definition) is 1. The van der Waals surface area contributed by atoms with Gasteiger partial charge in [-0.15, -0.1) is 0 Å². The Kier molecular flexibility index (Phi) is 2.68. The van der Waals surface area contributed by atoms with Crippen molar-refractivity contribution in [2.75, 3.05) is 6.61 Å². The van der Waals surface area contributed by atoms with E-state index in [0.717, 1.165) is 24.0 Å². The first-order valence-corrected chi connectivity index (χ1v) is 6.76. The van der Waals surface area contributed by atoms with E-state index in [4.69, 9.17) is 4.74 Å². The Balaban J connectivity index is 2.12. The van der Waals surface area contributed by atoms with Gasteiger partial charge in [0.05, 0.1) is 17.9 Å². The van der Waals surface area contributed by atoms with E-state index in [1.165, 1.54) is 6.08 Å². The molecule has 0 amide bonds. The predicted octanol–water partition coefficient (Wildman–Crippen LogP) is 1.39. The van der Waals surface area contributed by atoms with Crippen LogP contribution in [0.1, 0.15) is 26.7 Å². The Morgan fingerprint density at radius 3 is 2.84 bits per heavy atom. The monoisotopic (exact) mass is 262 g/mol. The van der Waals surface area contributed by atoms with Crippen molar-refractivity contribution in [3.05, 3.63) is 23.3 Å². The van der Waals surface area contributed by atoms with Crippen LogP contribution >= 0.6 is 0 Å². The second-order valence-electron chi connectivity index (χ2n) is 5.98. The first-order chi connectivity index (χ1) is 8.99. The molecule has 3 rings (SSSR count). The smallest absolute Gasteiger partial charge is 0.309 e. The molecule has 2 fully saturated rings. The maximum absolute atomic E-state index is 12.2. The molecule has 1 N–H and O–H groups in total. The third-order valence-corrected chi connectivity index (χ3v) is 5.00. The summed E-state index contributed by atoms with van der Waals surface area (Å²) >= 11 is 0. The van der Waals surface area contributed by atoms with Gasteiger partial charge in [0, 0.05) is 5.92 Å². The van der Waals surface area contributed by atoms with E-state index in [-0.39, 0.29) is 36.3 Å². The Morgan fingerprint density at radius 1 is 1.42 bits per heavy atom. The Hall–Kier alpha value is -1.42. The van der Waals surface area contributed by atoms with Crippen molar-refractivity contribution in [1.29, 1.82) is 0 Å². The van der Waals surface area contributed by atoms with Crippen LogP contribution in [0.3, 0.4) is 0 Å². The molecule has 2 aliphatic carbocycles. The van der Waals surface area contributed by atoms with E-state index in [1.807, 2.05) is 13.8 Å². The van der Waals surface area contributed by atoms with Gasteiger partial charge in [-0.3, -0.25) is 9.59 Å². The number of rotatable bonds is 1. The number of ether oxygens (including phenoxy) is 1. The second kappa shape index (κ2) is 4.04. The normalized spacial score (nSPS) is 41.1. The van der Waals surface area contributed by atoms with Gasteiger partial charge in [-0.05, 0) is 37.0 Å². The third kappa shape index (κ3) is 1.56. The van der Waals surface area contributed by atoms with Crippen LogP contribution in [-0.2, 0) is 14.3 Å². The number of fused-ring (bicyclic) bond motifs is 3. The number of carbonyl (C=O) groups is 2. The van der Waals surface area contributed by atoms with Crippen molar-refractivity contribution in [3.8, 4) is 0 Å². The van der Waals surface area contributed by atoms with E-state index in [9.17, 15) is 14.7 Å². The SMILES string of the molecule is C[C@@H]1C(=O)O[C@@H]2C3=C(CO)C=CC(=O)[C@]3(C)CC[C@@H]12. The van der Waals surface area contributed by atoms with Gasteiger partial charge < -0.3 is 9.84 Å². The zero-order valence-electron chi connectivity index (χ0n) is 11.2. The largest absolute Gasteiger partial charge is 0.457 e. The van der Waals surface area contributed by atoms with E-state index >= 15 is 0 Å². The van der Waals surface area contributed by atoms with Gasteiger partial charge in [0.2, 0.25) is 0 Å². The molecule has 4 nitrogen and oxygen atoms in total. The molecule has 0 aromatic carbocycles. The highest BCUT2D eigenvalue weighted by molar-refractivity contribution is 5.99. The summed E-state index contributed by atoms with van der Waals surface area (Å²) in [7, 11) is 0. The number of aliphatic hydroxyl groups excluding tert-OH is 1. The molecule has 0 spiro atoms. The molecule has 1 saturated heterocycles. The summed E-state index contributed by atoms with van der Waals surface area (Å²) < 4.78 is 5.50. The molecule has 1 saturated carbocycles. The molecule has 0 unspecified atom stereocenters. The molecule has 0 bridgehead atoms. The standard InChI is InChI=1S/C15H18O4/c1-8-10-5-6-15(2)11(17)4-3-9(7-16)12(15)13(10)19-14(8)18/h3-4,8,10,13,16H,5-7H2,1-2H3/t8-,10-,13-,15-/m0/s1. The number of aliphatic hydroxyl groups is 1. The molecule has 4 heteroatoms. The quantitative estimate of drug-likeness (QED) is 0.725. The summed E-state index contributed by atoms with van der Waals surface area (Å²) in [4.78, 5) is 24.0. The van der Waals surface area contributed by atoms with Crippen LogP contribution in [0.25, 0.3) is 0 Å². The maximum Gasteiger partial charge on any atom is 0.309 e. The van der Waals surface area contributed by atoms with Gasteiger partial charge in [0.25, 0.3) is 0 Å². The van der Waals surface area contributed by atoms with E-state index in [0.29, 0.717) is 0 Å². The van der Waals surface area contributed by atoms with E-state index < -0.39 is 5.41 Å². The molecular weight excluding hydrogens is 244 g/mol. The van der Waals surface area contributed by atoms with Crippen molar-refractivity contribution < 1.29 is 19.4 Å². The van der Waals surface area contributed by atoms with Crippen LogP contribution in [0.5, 0.6) is 0 Å². The predicted molar refractivity (Wildman–Crippen MR) is 68.1 cm³/mol. The van der Waals surface area contributed by atoms with Crippen LogP contribution in [0.2, 0.25) is 0 Å². The fraction of sp³-hybridized carbons (Fsp3) is 0.600. The van der Waals surface area contributed by atoms with Gasteiger partial charge in [0.15, 0.2) is 5.78 Å². The lowest BCUT2D eigenvalue weighted by Gasteiger charge is -2.43. The van der Waals surface area contributed by atoms with Crippen molar-refractivity contribution in [2.24, 2.45) is 17.3 Å². The van der Waals surface area contributed by atoms with Crippen molar-refractivity contribution in [1.82, 2.24) is 0 Å². The van der Waals surface area contributed by atoms with Crippen LogP contribution in [0, 0.1) is 17.3 Å². The highest BCUT2D eigenvalue weighted by Gasteiger charge is 2.55. The van der Waals surface area contributed by atoms with Crippen LogP contribution in [0.4, 0.5) is 0 Å². The van der Waals surface area contributed by atoms with E-state index in [2.05, 4.69) is 0 Å². The average molecular weight is 262 g/mol. The second-order valence-corrected chi connectivity index (χ2v) is 5.98. The molecule has 4 atom stereocenters. The minimum absolute atomic E-state index is 0.0498. The fourth-order valence-electron chi connectivity index (χ4n) is 3.72. The van der Waals surface area contributed by atoms with Crippen molar-refractivity contribution >= 4 is 11.8 Å². The zero-order valence-corrected chi connectivity index (χ0v) is 11.2. The molecule has 19 heavy (non-hydrogen) atoms. The fourth-order valence-corrected chi connectivity index (χ4v) is 3.72. The molecule has 1 heterocycles. The summed E-state index contributed by atoms with van der Waals surface area (Å²) in [6.45, 7) is 3.66. The van der Waals surface area contributed by atoms with Gasteiger partial charge in [-0.25, -0.2) is 0 Å². The summed E-state index contributed by atoms with van der Waals surface area (Å²) in [5.41, 5.74) is 0.952. The topological polar surface area (TPSA) is 63.6 Å². The zero-order chi connectivity index (χ0) is 13.8. The van der Waals surface area contributed by atoms with Crippen LogP contribution in [0.15, 0.2) is 23.3 Å². The summed E-state index contributed by atoms with van der Waals surface area (Å²) in [6, 6.07) is 0. The number of ketones is 1. The highest BCUT2D eigenvalue weighted by atomic mass is 16.6. The lowest BCUT2D eigenvalue weighted by molar-refractivity contribution is -0.144. The molecule has 0 radical (unpaired) electrons. The van der Waals surface area contributed by atoms with Crippen molar-refractivity contribution in [3.63, 3.8) is 0 Å². The first-order valence-electron chi connectivity index (χ1n) is 6.76. The first kappa shape index (κ1) is 12.6. The molecule has 0 aromatic heterocycles. The van der Waals surface area contributed by atoms with Crippen molar-refractivity contribution in [2.45, 2.75) is 32.8 Å². The Morgan fingerprint density at radius 2 is 2.16 bits per heavy atom. The van der Waals surface area contributed by atoms with Gasteiger partial charge in [-0.1, -0.05) is 13.0 Å². The third-order valence-electron chi connectivity index (χ3n) is 5.00. The highest BCUT2D eigenvalue weighted by Crippen LogP contribution is 2.52. The van der Waals surface area contributed by atoms with Gasteiger partial charge in [0.1, 0.15) is 6.10 Å². The van der Waals surface area contributed by atoms with Gasteiger partial charge >= 0.3 is 5.97 Å². The van der Waals surface area contributed by atoms with Gasteiger partial charge in [-0.2, -0.15) is 0 Å². The lowest BCUT2D eigenvalue weighted by atomic mass is 9.60. The minimum atomic E-state index is -0.613. The lowest BCUT2D eigenvalue weighted by Crippen LogP contribution is -2.44. The minimum Gasteiger partial charge on any atom is -0.457 e. The number of allylic oxidation sites excluding steroid dienone is 1. The number of hydrogen-bond acceptors (Lipinski definition) is 4. The number of esters is 1. The molecule has 0 aromatic rings. The average Bonchev–Trinajstić information content (AvgIpc) is 2.67. The van der Waals surface area contributed by atoms with Crippen LogP contribution < -0.4 is 0 Å². The van der Waals surface area contributed by atoms with Crippen LogP contribution in [-0.4, -0.2) is 29.6 Å². The summed E-state index contributed by atoms with van der Waals surface area (Å²) in [5.74, 6) is -0.126. The molecule has 3 aliphatic rings. The summed E-state index contributed by atoms with van der Waals surface area (Å²) in [6.07, 6.45) is 4.40. The Labute approximate surface area is 112 Å². The molecule has 1 aliphatic heterocycles.